The highest BCUT2D eigenvalue weighted by Gasteiger charge is 2.31. The molecule has 4 unspecified atom stereocenters. The Kier molecular flexibility index (Phi) is 6.09. The van der Waals surface area contributed by atoms with Crippen LogP contribution in [0.1, 0.15) is 47.0 Å². The molecule has 1 amide bonds. The molecule has 18 heavy (non-hydrogen) atoms. The van der Waals surface area contributed by atoms with Crippen LogP contribution in [-0.2, 0) is 4.79 Å². The number of amides is 1. The molecule has 4 nitrogen and oxygen atoms in total. The fourth-order valence-electron chi connectivity index (χ4n) is 2.63. The molecule has 1 fully saturated rings. The largest absolute Gasteiger partial charge is 0.352 e. The van der Waals surface area contributed by atoms with E-state index in [-0.39, 0.29) is 24.0 Å². The summed E-state index contributed by atoms with van der Waals surface area (Å²) in [7, 11) is 0. The molecule has 4 heteroatoms. The monoisotopic (exact) mass is 255 g/mol. The van der Waals surface area contributed by atoms with E-state index in [2.05, 4.69) is 31.0 Å². The first-order valence-electron chi connectivity index (χ1n) is 7.25. The van der Waals surface area contributed by atoms with Gasteiger partial charge < -0.3 is 11.1 Å². The van der Waals surface area contributed by atoms with Crippen LogP contribution in [-0.4, -0.2) is 42.0 Å². The summed E-state index contributed by atoms with van der Waals surface area (Å²) >= 11 is 0. The van der Waals surface area contributed by atoms with E-state index < -0.39 is 0 Å². The van der Waals surface area contributed by atoms with Gasteiger partial charge in [0, 0.05) is 18.6 Å². The molecule has 0 aromatic heterocycles. The van der Waals surface area contributed by atoms with Crippen molar-refractivity contribution in [2.45, 2.75) is 65.1 Å². The average molecular weight is 255 g/mol. The number of carbonyl (C=O) groups is 1. The van der Waals surface area contributed by atoms with E-state index in [1.54, 1.807) is 0 Å². The van der Waals surface area contributed by atoms with Crippen LogP contribution in [0, 0.1) is 5.92 Å². The van der Waals surface area contributed by atoms with Crippen LogP contribution in [0.25, 0.3) is 0 Å². The van der Waals surface area contributed by atoms with Gasteiger partial charge in [-0.1, -0.05) is 13.3 Å². The Hall–Kier alpha value is -0.610. The van der Waals surface area contributed by atoms with Crippen molar-refractivity contribution < 1.29 is 4.79 Å². The van der Waals surface area contributed by atoms with Gasteiger partial charge in [-0.05, 0) is 46.1 Å². The summed E-state index contributed by atoms with van der Waals surface area (Å²) in [6.07, 6.45) is 3.26. The number of hydrogen-bond donors (Lipinski definition) is 2. The number of hydrogen-bond acceptors (Lipinski definition) is 3. The Morgan fingerprint density at radius 1 is 1.44 bits per heavy atom. The molecule has 4 atom stereocenters. The van der Waals surface area contributed by atoms with E-state index in [4.69, 9.17) is 5.73 Å². The smallest absolute Gasteiger partial charge is 0.237 e. The molecule has 106 valence electrons. The van der Waals surface area contributed by atoms with Crippen molar-refractivity contribution >= 4 is 5.91 Å². The third-order valence-electron chi connectivity index (χ3n) is 4.04. The number of carbonyl (C=O) groups excluding carboxylic acids is 1. The quantitative estimate of drug-likeness (QED) is 0.753. The summed E-state index contributed by atoms with van der Waals surface area (Å²) in [6, 6.07) is 0.467. The van der Waals surface area contributed by atoms with Gasteiger partial charge in [0.2, 0.25) is 5.91 Å². The lowest BCUT2D eigenvalue weighted by atomic mass is 10.0. The average Bonchev–Trinajstić information content (AvgIpc) is 2.77. The minimum atomic E-state index is -0.0342. The van der Waals surface area contributed by atoms with Gasteiger partial charge in [-0.2, -0.15) is 0 Å². The first kappa shape index (κ1) is 15.4. The lowest BCUT2D eigenvalue weighted by molar-refractivity contribution is -0.126. The van der Waals surface area contributed by atoms with Crippen LogP contribution in [0.4, 0.5) is 0 Å². The van der Waals surface area contributed by atoms with Crippen LogP contribution in [0.2, 0.25) is 0 Å². The van der Waals surface area contributed by atoms with Crippen LogP contribution >= 0.6 is 0 Å². The van der Waals surface area contributed by atoms with Gasteiger partial charge in [-0.3, -0.25) is 9.69 Å². The molecule has 1 aliphatic heterocycles. The van der Waals surface area contributed by atoms with Gasteiger partial charge in [0.25, 0.3) is 0 Å². The zero-order valence-electron chi connectivity index (χ0n) is 12.3. The van der Waals surface area contributed by atoms with E-state index in [0.717, 1.165) is 32.4 Å². The van der Waals surface area contributed by atoms with Crippen molar-refractivity contribution in [3.8, 4) is 0 Å². The third kappa shape index (κ3) is 4.25. The molecule has 0 spiro atoms. The Morgan fingerprint density at radius 3 is 2.61 bits per heavy atom. The lowest BCUT2D eigenvalue weighted by Gasteiger charge is -2.25. The molecular weight excluding hydrogens is 226 g/mol. The van der Waals surface area contributed by atoms with Crippen LogP contribution in [0.3, 0.4) is 0 Å². The van der Waals surface area contributed by atoms with E-state index in [1.807, 2.05) is 6.92 Å². The molecule has 1 heterocycles. The molecule has 1 saturated heterocycles. The summed E-state index contributed by atoms with van der Waals surface area (Å²) in [5.41, 5.74) is 5.93. The van der Waals surface area contributed by atoms with E-state index >= 15 is 0 Å². The number of nitrogens with zero attached hydrogens (tertiary/aromatic N) is 1. The number of rotatable bonds is 6. The van der Waals surface area contributed by atoms with Gasteiger partial charge in [0.1, 0.15) is 0 Å². The van der Waals surface area contributed by atoms with Crippen LogP contribution in [0.5, 0.6) is 0 Å². The minimum absolute atomic E-state index is 0.0342. The Labute approximate surface area is 111 Å². The standard InChI is InChI=1S/C14H29N3O/c1-5-6-10(2)16-14(18)12(4)17-8-7-13(9-17)11(3)15/h10-13H,5-9,15H2,1-4H3,(H,16,18). The fourth-order valence-corrected chi connectivity index (χ4v) is 2.63. The molecule has 0 aliphatic carbocycles. The van der Waals surface area contributed by atoms with Gasteiger partial charge in [0.15, 0.2) is 0 Å². The zero-order valence-corrected chi connectivity index (χ0v) is 12.3. The lowest BCUT2D eigenvalue weighted by Crippen LogP contribution is -2.47. The predicted molar refractivity (Wildman–Crippen MR) is 75.3 cm³/mol. The Bertz CT molecular complexity index is 268. The van der Waals surface area contributed by atoms with E-state index in [1.165, 1.54) is 0 Å². The van der Waals surface area contributed by atoms with Gasteiger partial charge in [-0.15, -0.1) is 0 Å². The molecule has 1 rings (SSSR count). The normalized spacial score (nSPS) is 25.7. The van der Waals surface area contributed by atoms with Gasteiger partial charge >= 0.3 is 0 Å². The molecular formula is C14H29N3O. The third-order valence-corrected chi connectivity index (χ3v) is 4.04. The fraction of sp³-hybridized carbons (Fsp3) is 0.929. The summed E-state index contributed by atoms with van der Waals surface area (Å²) in [4.78, 5) is 14.4. The highest BCUT2D eigenvalue weighted by atomic mass is 16.2. The zero-order chi connectivity index (χ0) is 13.7. The molecule has 0 saturated carbocycles. The SMILES string of the molecule is CCCC(C)NC(=O)C(C)N1CCC(C(C)N)C1. The highest BCUT2D eigenvalue weighted by molar-refractivity contribution is 5.81. The molecule has 0 bridgehead atoms. The van der Waals surface area contributed by atoms with Crippen molar-refractivity contribution in [1.82, 2.24) is 10.2 Å². The number of nitrogens with two attached hydrogens (primary N) is 1. The summed E-state index contributed by atoms with van der Waals surface area (Å²) < 4.78 is 0. The van der Waals surface area contributed by atoms with Crippen molar-refractivity contribution in [3.05, 3.63) is 0 Å². The summed E-state index contributed by atoms with van der Waals surface area (Å²) in [5.74, 6) is 0.689. The number of nitrogens with one attached hydrogen (secondary N) is 1. The van der Waals surface area contributed by atoms with Crippen LogP contribution in [0.15, 0.2) is 0 Å². The van der Waals surface area contributed by atoms with Crippen molar-refractivity contribution in [2.75, 3.05) is 13.1 Å². The van der Waals surface area contributed by atoms with E-state index in [9.17, 15) is 4.79 Å². The molecule has 1 aliphatic rings. The maximum Gasteiger partial charge on any atom is 0.237 e. The topological polar surface area (TPSA) is 58.4 Å². The van der Waals surface area contributed by atoms with Crippen molar-refractivity contribution in [2.24, 2.45) is 11.7 Å². The van der Waals surface area contributed by atoms with Crippen LogP contribution < -0.4 is 11.1 Å². The number of likely N-dealkylation sites (tertiary alicyclic amines) is 1. The molecule has 3 N–H and O–H groups in total. The summed E-state index contributed by atoms with van der Waals surface area (Å²) in [5, 5.41) is 3.09. The maximum absolute atomic E-state index is 12.1. The Morgan fingerprint density at radius 2 is 2.11 bits per heavy atom. The minimum Gasteiger partial charge on any atom is -0.352 e. The molecule has 0 radical (unpaired) electrons. The second-order valence-electron chi connectivity index (χ2n) is 5.78. The second kappa shape index (κ2) is 7.10. The predicted octanol–water partition coefficient (Wildman–Crippen LogP) is 1.35. The first-order valence-corrected chi connectivity index (χ1v) is 7.25. The first-order chi connectivity index (χ1) is 8.45. The molecule has 0 aromatic rings. The second-order valence-corrected chi connectivity index (χ2v) is 5.78. The van der Waals surface area contributed by atoms with Gasteiger partial charge in [0.05, 0.1) is 6.04 Å². The van der Waals surface area contributed by atoms with Gasteiger partial charge in [-0.25, -0.2) is 0 Å². The Balaban J connectivity index is 2.40. The highest BCUT2D eigenvalue weighted by Crippen LogP contribution is 2.20. The summed E-state index contributed by atoms with van der Waals surface area (Å²) in [6.45, 7) is 10.2. The van der Waals surface area contributed by atoms with Crippen molar-refractivity contribution in [1.29, 1.82) is 0 Å². The molecule has 0 aromatic carbocycles. The maximum atomic E-state index is 12.1. The van der Waals surface area contributed by atoms with E-state index in [0.29, 0.717) is 5.92 Å². The van der Waals surface area contributed by atoms with Crippen molar-refractivity contribution in [3.63, 3.8) is 0 Å².